The lowest BCUT2D eigenvalue weighted by atomic mass is 10.0. The maximum atomic E-state index is 6.00. The van der Waals surface area contributed by atoms with Gasteiger partial charge in [0.25, 0.3) is 0 Å². The van der Waals surface area contributed by atoms with E-state index in [1.807, 2.05) is 24.5 Å². The van der Waals surface area contributed by atoms with Crippen molar-refractivity contribution in [3.8, 4) is 0 Å². The lowest BCUT2D eigenvalue weighted by molar-refractivity contribution is -0.0425. The molecule has 0 bridgehead atoms. The quantitative estimate of drug-likeness (QED) is 0.103. The molecule has 0 amide bonds. The summed E-state index contributed by atoms with van der Waals surface area (Å²) in [6.45, 7) is 4.88. The Morgan fingerprint density at radius 2 is 1.18 bits per heavy atom. The Hall–Kier alpha value is -0.550. The van der Waals surface area contributed by atoms with Crippen LogP contribution in [0.5, 0.6) is 0 Å². The van der Waals surface area contributed by atoms with E-state index in [1.54, 1.807) is 0 Å². The van der Waals surface area contributed by atoms with Crippen LogP contribution in [-0.2, 0) is 20.3 Å². The molecule has 0 aliphatic carbocycles. The van der Waals surface area contributed by atoms with E-state index in [0.29, 0.717) is 19.8 Å². The molecule has 0 radical (unpaired) electrons. The Bertz CT molecular complexity index is 497. The Morgan fingerprint density at radius 1 is 0.667 bits per heavy atom. The summed E-state index contributed by atoms with van der Waals surface area (Å²) >= 11 is 1.38. The molecule has 33 heavy (non-hydrogen) atoms. The van der Waals surface area contributed by atoms with E-state index in [1.165, 1.54) is 114 Å². The monoisotopic (exact) mass is 480 g/mol. The minimum atomic E-state index is -0.0151. The van der Waals surface area contributed by atoms with Crippen LogP contribution in [-0.4, -0.2) is 32.2 Å². The van der Waals surface area contributed by atoms with Crippen molar-refractivity contribution in [3.05, 3.63) is 35.9 Å². The van der Waals surface area contributed by atoms with Gasteiger partial charge in [0, 0.05) is 12.9 Å². The minimum Gasteiger partial charge on any atom is -0.379 e. The fourth-order valence-corrected chi connectivity index (χ4v) is 4.33. The third-order valence-corrected chi connectivity index (χ3v) is 6.52. The summed E-state index contributed by atoms with van der Waals surface area (Å²) in [5.74, 6) is 0. The molecule has 0 aromatic heterocycles. The van der Waals surface area contributed by atoms with E-state index in [4.69, 9.17) is 13.7 Å². The predicted molar refractivity (Wildman–Crippen MR) is 145 cm³/mol. The molecule has 1 atom stereocenters. The summed E-state index contributed by atoms with van der Waals surface area (Å²) in [6, 6.07) is 10.3. The van der Waals surface area contributed by atoms with E-state index in [0.717, 1.165) is 13.0 Å². The van der Waals surface area contributed by atoms with Gasteiger partial charge < -0.3 is 13.7 Å². The fraction of sp³-hybridized carbons (Fsp3) is 0.793. The Kier molecular flexibility index (Phi) is 22.7. The molecule has 1 rings (SSSR count). The van der Waals surface area contributed by atoms with Gasteiger partial charge in [-0.25, -0.2) is 0 Å². The average Bonchev–Trinajstić information content (AvgIpc) is 2.85. The zero-order valence-electron chi connectivity index (χ0n) is 21.7. The molecule has 0 spiro atoms. The first-order chi connectivity index (χ1) is 16.4. The largest absolute Gasteiger partial charge is 0.379 e. The normalized spacial score (nSPS) is 12.3. The molecule has 1 aromatic rings. The van der Waals surface area contributed by atoms with Crippen molar-refractivity contribution in [2.24, 2.45) is 0 Å². The van der Waals surface area contributed by atoms with Crippen molar-refractivity contribution < 1.29 is 13.7 Å². The molecule has 0 N–H and O–H groups in total. The minimum absolute atomic E-state index is 0.0151. The van der Waals surface area contributed by atoms with E-state index in [9.17, 15) is 0 Å². The van der Waals surface area contributed by atoms with E-state index < -0.39 is 0 Å². The maximum Gasteiger partial charge on any atom is 0.106 e. The zero-order valence-corrected chi connectivity index (χ0v) is 22.6. The molecule has 0 aliphatic heterocycles. The summed E-state index contributed by atoms with van der Waals surface area (Å²) in [6.07, 6.45) is 24.2. The van der Waals surface area contributed by atoms with Gasteiger partial charge in [-0.3, -0.25) is 0 Å². The topological polar surface area (TPSA) is 27.7 Å². The molecule has 1 aromatic carbocycles. The summed E-state index contributed by atoms with van der Waals surface area (Å²) in [7, 11) is 0. The van der Waals surface area contributed by atoms with Crippen molar-refractivity contribution in [1.82, 2.24) is 0 Å². The van der Waals surface area contributed by atoms with E-state index in [2.05, 4.69) is 19.1 Å². The third-order valence-electron chi connectivity index (χ3n) is 6.15. The second-order valence-electron chi connectivity index (χ2n) is 9.25. The van der Waals surface area contributed by atoms with Crippen molar-refractivity contribution in [2.75, 3.05) is 26.1 Å². The van der Waals surface area contributed by atoms with Gasteiger partial charge in [-0.15, -0.1) is 0 Å². The van der Waals surface area contributed by atoms with Crippen LogP contribution in [0.25, 0.3) is 0 Å². The molecule has 192 valence electrons. The highest BCUT2D eigenvalue weighted by molar-refractivity contribution is 7.93. The molecule has 4 heteroatoms. The molecule has 0 saturated heterocycles. The zero-order chi connectivity index (χ0) is 23.7. The SMILES string of the molecule is CCCCCCCCCCCCCCCCCCOC[C@@H](COSC)OCc1ccccc1. The molecule has 0 saturated carbocycles. The van der Waals surface area contributed by atoms with E-state index in [-0.39, 0.29) is 6.10 Å². The highest BCUT2D eigenvalue weighted by Crippen LogP contribution is 2.14. The number of hydrogen-bond acceptors (Lipinski definition) is 4. The van der Waals surface area contributed by atoms with Crippen molar-refractivity contribution in [3.63, 3.8) is 0 Å². The summed E-state index contributed by atoms with van der Waals surface area (Å²) in [5.41, 5.74) is 1.18. The molecule has 0 aliphatic rings. The van der Waals surface area contributed by atoms with Gasteiger partial charge in [0.1, 0.15) is 6.10 Å². The molecular weight excluding hydrogens is 428 g/mol. The number of ether oxygens (including phenoxy) is 2. The van der Waals surface area contributed by atoms with Gasteiger partial charge in [0.05, 0.1) is 19.8 Å². The maximum absolute atomic E-state index is 6.00. The Labute approximate surface area is 209 Å². The second-order valence-corrected chi connectivity index (χ2v) is 9.82. The van der Waals surface area contributed by atoms with Gasteiger partial charge in [-0.2, -0.15) is 0 Å². The third kappa shape index (κ3) is 20.5. The van der Waals surface area contributed by atoms with Crippen LogP contribution in [0, 0.1) is 0 Å². The van der Waals surface area contributed by atoms with Crippen LogP contribution < -0.4 is 0 Å². The number of unbranched alkanes of at least 4 members (excludes halogenated alkanes) is 15. The average molecular weight is 481 g/mol. The van der Waals surface area contributed by atoms with Gasteiger partial charge in [0.15, 0.2) is 0 Å². The fourth-order valence-electron chi connectivity index (χ4n) is 4.04. The summed E-state index contributed by atoms with van der Waals surface area (Å²) in [4.78, 5) is 0. The standard InChI is InChI=1S/C29H52O3S/c1-3-4-5-6-7-8-9-10-11-12-13-14-15-16-17-21-24-30-26-29(27-32-33-2)31-25-28-22-19-18-20-23-28/h18-20,22-23,29H,3-17,21,24-27H2,1-2H3/t29-/m0/s1. The van der Waals surface area contributed by atoms with Gasteiger partial charge in [-0.05, 0) is 24.0 Å². The predicted octanol–water partition coefficient (Wildman–Crippen LogP) is 9.14. The molecule has 3 nitrogen and oxygen atoms in total. The highest BCUT2D eigenvalue weighted by atomic mass is 32.2. The Morgan fingerprint density at radius 3 is 1.70 bits per heavy atom. The Balaban J connectivity index is 1.86. The summed E-state index contributed by atoms with van der Waals surface area (Å²) in [5, 5.41) is 0. The van der Waals surface area contributed by atoms with Gasteiger partial charge in [0.2, 0.25) is 0 Å². The van der Waals surface area contributed by atoms with Crippen LogP contribution in [0.3, 0.4) is 0 Å². The van der Waals surface area contributed by atoms with Gasteiger partial charge >= 0.3 is 0 Å². The number of benzene rings is 1. The van der Waals surface area contributed by atoms with Crippen LogP contribution in [0.1, 0.15) is 115 Å². The van der Waals surface area contributed by atoms with Gasteiger partial charge in [-0.1, -0.05) is 134 Å². The van der Waals surface area contributed by atoms with Crippen molar-refractivity contribution in [2.45, 2.75) is 122 Å². The molecule has 0 heterocycles. The second kappa shape index (κ2) is 24.6. The van der Waals surface area contributed by atoms with Crippen LogP contribution in [0.4, 0.5) is 0 Å². The first-order valence-corrected chi connectivity index (χ1v) is 14.9. The van der Waals surface area contributed by atoms with Crippen LogP contribution >= 0.6 is 12.0 Å². The molecular formula is C29H52O3S. The smallest absolute Gasteiger partial charge is 0.106 e. The van der Waals surface area contributed by atoms with Crippen LogP contribution in [0.15, 0.2) is 30.3 Å². The first kappa shape index (κ1) is 30.5. The van der Waals surface area contributed by atoms with Crippen LogP contribution in [0.2, 0.25) is 0 Å². The van der Waals surface area contributed by atoms with E-state index >= 15 is 0 Å². The van der Waals surface area contributed by atoms with Crippen molar-refractivity contribution >= 4 is 12.0 Å². The lowest BCUT2D eigenvalue weighted by Gasteiger charge is -2.17. The number of hydrogen-bond donors (Lipinski definition) is 0. The van der Waals surface area contributed by atoms with Crippen molar-refractivity contribution in [1.29, 1.82) is 0 Å². The highest BCUT2D eigenvalue weighted by Gasteiger charge is 2.10. The molecule has 0 fully saturated rings. The first-order valence-electron chi connectivity index (χ1n) is 13.8. The summed E-state index contributed by atoms with van der Waals surface area (Å²) < 4.78 is 17.4. The lowest BCUT2D eigenvalue weighted by Crippen LogP contribution is -2.25. The number of rotatable bonds is 25. The molecule has 0 unspecified atom stereocenters.